The Labute approximate surface area is 109 Å². The molecule has 0 amide bonds. The van der Waals surface area contributed by atoms with Crippen molar-refractivity contribution in [1.82, 2.24) is 4.98 Å². The fraction of sp³-hybridized carbons (Fsp3) is 0.273. The van der Waals surface area contributed by atoms with Crippen molar-refractivity contribution in [3.8, 4) is 0 Å². The Balaban J connectivity index is 2.48. The number of fused-ring (bicyclic) bond motifs is 1. The smallest absolute Gasteiger partial charge is 0.422 e. The summed E-state index contributed by atoms with van der Waals surface area (Å²) in [5.41, 5.74) is -3.09. The number of nitrogens with zero attached hydrogens (tertiary/aromatic N) is 1. The number of halogens is 3. The second-order valence-electron chi connectivity index (χ2n) is 4.04. The lowest BCUT2D eigenvalue weighted by molar-refractivity contribution is -0.192. The molecule has 2 heterocycles. The molecule has 0 bridgehead atoms. The summed E-state index contributed by atoms with van der Waals surface area (Å²) in [7, 11) is 0. The maximum absolute atomic E-state index is 12.9. The molecular formula is C11H9F3N2O2S. The van der Waals surface area contributed by atoms with Gasteiger partial charge in [-0.05, 0) is 24.4 Å². The van der Waals surface area contributed by atoms with E-state index in [4.69, 9.17) is 5.11 Å². The fourth-order valence-corrected chi connectivity index (χ4v) is 2.26. The molecule has 2 N–H and O–H groups in total. The van der Waals surface area contributed by atoms with E-state index in [0.29, 0.717) is 12.3 Å². The molecule has 0 saturated heterocycles. The van der Waals surface area contributed by atoms with Crippen molar-refractivity contribution in [3.63, 3.8) is 0 Å². The van der Waals surface area contributed by atoms with Crippen molar-refractivity contribution in [1.29, 1.82) is 0 Å². The van der Waals surface area contributed by atoms with E-state index in [-0.39, 0.29) is 5.82 Å². The third-order valence-electron chi connectivity index (χ3n) is 2.74. The Morgan fingerprint density at radius 1 is 1.42 bits per heavy atom. The molecule has 0 saturated carbocycles. The monoisotopic (exact) mass is 290 g/mol. The lowest BCUT2D eigenvalue weighted by Gasteiger charge is -2.29. The molecule has 19 heavy (non-hydrogen) atoms. The van der Waals surface area contributed by atoms with Crippen LogP contribution in [0.1, 0.15) is 6.92 Å². The minimum absolute atomic E-state index is 0.0963. The zero-order valence-corrected chi connectivity index (χ0v) is 10.5. The number of hydrogen-bond donors (Lipinski definition) is 2. The minimum atomic E-state index is -4.95. The van der Waals surface area contributed by atoms with Gasteiger partial charge in [0.15, 0.2) is 0 Å². The number of nitrogens with one attached hydrogen (secondary N) is 1. The van der Waals surface area contributed by atoms with Gasteiger partial charge in [0.2, 0.25) is 5.54 Å². The predicted octanol–water partition coefficient (Wildman–Crippen LogP) is 3.11. The molecule has 1 unspecified atom stereocenters. The molecule has 0 aliphatic heterocycles. The molecule has 1 atom stereocenters. The minimum Gasteiger partial charge on any atom is -0.479 e. The van der Waals surface area contributed by atoms with E-state index in [0.717, 1.165) is 4.70 Å². The van der Waals surface area contributed by atoms with E-state index in [9.17, 15) is 18.0 Å². The lowest BCUT2D eigenvalue weighted by atomic mass is 10.0. The Morgan fingerprint density at radius 2 is 2.11 bits per heavy atom. The zero-order chi connectivity index (χ0) is 14.3. The molecule has 0 spiro atoms. The standard InChI is InChI=1S/C11H9F3N2O2S/c1-10(9(17)18,11(12,13)14)16-8-6-3-5-19-7(6)2-4-15-8/h2-5H,1H3,(H,15,16)(H,17,18). The fourth-order valence-electron chi connectivity index (χ4n) is 1.48. The van der Waals surface area contributed by atoms with Crippen LogP contribution >= 0.6 is 11.3 Å². The van der Waals surface area contributed by atoms with E-state index >= 15 is 0 Å². The first-order valence-corrected chi connectivity index (χ1v) is 6.04. The van der Waals surface area contributed by atoms with E-state index in [1.54, 1.807) is 17.5 Å². The Bertz CT molecular complexity index is 626. The van der Waals surface area contributed by atoms with Crippen LogP contribution in [0, 0.1) is 0 Å². The Hall–Kier alpha value is -1.83. The molecule has 8 heteroatoms. The normalized spacial score (nSPS) is 15.2. The molecule has 2 rings (SSSR count). The second-order valence-corrected chi connectivity index (χ2v) is 4.99. The zero-order valence-electron chi connectivity index (χ0n) is 9.65. The summed E-state index contributed by atoms with van der Waals surface area (Å²) >= 11 is 1.33. The third kappa shape index (κ3) is 2.23. The van der Waals surface area contributed by atoms with Crippen LogP contribution in [-0.2, 0) is 4.79 Å². The van der Waals surface area contributed by atoms with Gasteiger partial charge in [-0.15, -0.1) is 11.3 Å². The summed E-state index contributed by atoms with van der Waals surface area (Å²) in [4.78, 5) is 14.7. The SMILES string of the molecule is CC(Nc1nccc2sccc12)(C(=O)O)C(F)(F)F. The number of carboxylic acid groups (broad SMARTS) is 1. The topological polar surface area (TPSA) is 62.2 Å². The number of aliphatic carboxylic acids is 1. The number of rotatable bonds is 3. The predicted molar refractivity (Wildman–Crippen MR) is 65.3 cm³/mol. The quantitative estimate of drug-likeness (QED) is 0.911. The van der Waals surface area contributed by atoms with Crippen LogP contribution < -0.4 is 5.32 Å². The number of alkyl halides is 3. The highest BCUT2D eigenvalue weighted by Gasteiger charge is 2.58. The van der Waals surface area contributed by atoms with Crippen molar-refractivity contribution in [3.05, 3.63) is 23.7 Å². The van der Waals surface area contributed by atoms with Crippen molar-refractivity contribution in [2.24, 2.45) is 0 Å². The molecule has 0 radical (unpaired) electrons. The van der Waals surface area contributed by atoms with Gasteiger partial charge < -0.3 is 10.4 Å². The highest BCUT2D eigenvalue weighted by Crippen LogP contribution is 2.35. The summed E-state index contributed by atoms with van der Waals surface area (Å²) in [6.45, 7) is 0.572. The summed E-state index contributed by atoms with van der Waals surface area (Å²) in [6, 6.07) is 3.24. The van der Waals surface area contributed by atoms with Crippen LogP contribution in [0.15, 0.2) is 23.7 Å². The van der Waals surface area contributed by atoms with Crippen LogP contribution in [0.4, 0.5) is 19.0 Å². The van der Waals surface area contributed by atoms with Crippen molar-refractivity contribution in [2.45, 2.75) is 18.6 Å². The Kier molecular flexibility index (Phi) is 3.13. The number of hydrogen-bond acceptors (Lipinski definition) is 4. The molecule has 102 valence electrons. The molecule has 0 aliphatic carbocycles. The van der Waals surface area contributed by atoms with Crippen LogP contribution in [0.5, 0.6) is 0 Å². The van der Waals surface area contributed by atoms with Gasteiger partial charge >= 0.3 is 12.1 Å². The van der Waals surface area contributed by atoms with Crippen LogP contribution in [0.3, 0.4) is 0 Å². The van der Waals surface area contributed by atoms with Crippen molar-refractivity contribution < 1.29 is 23.1 Å². The average Bonchev–Trinajstić information content (AvgIpc) is 2.76. The van der Waals surface area contributed by atoms with Crippen LogP contribution in [0.25, 0.3) is 10.1 Å². The highest BCUT2D eigenvalue weighted by molar-refractivity contribution is 7.17. The molecule has 0 aliphatic rings. The number of thiophene rings is 1. The second kappa shape index (κ2) is 4.37. The lowest BCUT2D eigenvalue weighted by Crippen LogP contribution is -2.55. The Morgan fingerprint density at radius 3 is 2.68 bits per heavy atom. The van der Waals surface area contributed by atoms with Gasteiger partial charge in [-0.2, -0.15) is 13.2 Å². The van der Waals surface area contributed by atoms with Gasteiger partial charge in [-0.25, -0.2) is 9.78 Å². The maximum Gasteiger partial charge on any atom is 0.422 e. The average molecular weight is 290 g/mol. The highest BCUT2D eigenvalue weighted by atomic mass is 32.1. The van der Waals surface area contributed by atoms with E-state index in [1.807, 2.05) is 5.32 Å². The maximum atomic E-state index is 12.9. The van der Waals surface area contributed by atoms with Gasteiger partial charge in [0, 0.05) is 16.3 Å². The number of carboxylic acids is 1. The summed E-state index contributed by atoms with van der Waals surface area (Å²) in [5.74, 6) is -2.10. The first-order valence-electron chi connectivity index (χ1n) is 5.16. The number of carbonyl (C=O) groups is 1. The molecule has 0 fully saturated rings. The van der Waals surface area contributed by atoms with Gasteiger partial charge in [0.05, 0.1) is 0 Å². The molecule has 2 aromatic rings. The third-order valence-corrected chi connectivity index (χ3v) is 3.63. The van der Waals surface area contributed by atoms with Gasteiger partial charge in [-0.3, -0.25) is 0 Å². The van der Waals surface area contributed by atoms with Gasteiger partial charge in [0.25, 0.3) is 0 Å². The van der Waals surface area contributed by atoms with Crippen LogP contribution in [0.2, 0.25) is 0 Å². The molecule has 2 aromatic heterocycles. The largest absolute Gasteiger partial charge is 0.479 e. The van der Waals surface area contributed by atoms with E-state index in [2.05, 4.69) is 4.98 Å². The first kappa shape index (κ1) is 13.6. The molecule has 0 aromatic carbocycles. The van der Waals surface area contributed by atoms with Gasteiger partial charge in [0.1, 0.15) is 5.82 Å². The first-order chi connectivity index (χ1) is 8.75. The summed E-state index contributed by atoms with van der Waals surface area (Å²) < 4.78 is 39.4. The van der Waals surface area contributed by atoms with Crippen molar-refractivity contribution >= 4 is 33.2 Å². The number of aromatic nitrogens is 1. The van der Waals surface area contributed by atoms with Gasteiger partial charge in [-0.1, -0.05) is 0 Å². The van der Waals surface area contributed by atoms with Crippen molar-refractivity contribution in [2.75, 3.05) is 5.32 Å². The summed E-state index contributed by atoms with van der Waals surface area (Å²) in [5, 5.41) is 13.0. The molecular weight excluding hydrogens is 281 g/mol. The number of pyridine rings is 1. The van der Waals surface area contributed by atoms with E-state index in [1.165, 1.54) is 17.5 Å². The summed E-state index contributed by atoms with van der Waals surface area (Å²) in [6.07, 6.45) is -3.61. The molecule has 4 nitrogen and oxygen atoms in total. The van der Waals surface area contributed by atoms with E-state index < -0.39 is 17.7 Å². The number of anilines is 1. The van der Waals surface area contributed by atoms with Crippen LogP contribution in [-0.4, -0.2) is 27.8 Å².